The summed E-state index contributed by atoms with van der Waals surface area (Å²) in [6.45, 7) is 5.37. The van der Waals surface area contributed by atoms with Crippen molar-refractivity contribution in [2.24, 2.45) is 0 Å². The molecule has 4 rings (SSSR count). The molecule has 1 aliphatic carbocycles. The number of anilines is 2. The van der Waals surface area contributed by atoms with Crippen LogP contribution in [0.3, 0.4) is 0 Å². The topological polar surface area (TPSA) is 30.0 Å². The molecule has 2 amide bonds. The molecule has 1 saturated heterocycles. The number of rotatable bonds is 1. The third-order valence-electron chi connectivity index (χ3n) is 6.07. The number of piperazine rings is 1. The van der Waals surface area contributed by atoms with Gasteiger partial charge in [-0.05, 0) is 32.0 Å². The maximum atomic E-state index is 13.1. The van der Waals surface area contributed by atoms with Crippen LogP contribution in [0.5, 0.6) is 0 Å². The zero-order chi connectivity index (χ0) is 17.2. The molecule has 2 fully saturated rings. The molecule has 0 unspecified atom stereocenters. The summed E-state index contributed by atoms with van der Waals surface area (Å²) < 4.78 is 0. The summed E-state index contributed by atoms with van der Waals surface area (Å²) in [5, 5.41) is 0. The Kier molecular flexibility index (Phi) is 4.84. The molecule has 5 heteroatoms. The molecule has 5 nitrogen and oxygen atoms in total. The van der Waals surface area contributed by atoms with E-state index in [1.54, 1.807) is 0 Å². The lowest BCUT2D eigenvalue weighted by molar-refractivity contribution is 0.159. The van der Waals surface area contributed by atoms with Crippen LogP contribution in [0.15, 0.2) is 24.3 Å². The summed E-state index contributed by atoms with van der Waals surface area (Å²) in [4.78, 5) is 22.0. The first-order valence-electron chi connectivity index (χ1n) is 9.85. The van der Waals surface area contributed by atoms with Gasteiger partial charge in [-0.25, -0.2) is 4.79 Å². The molecule has 0 aromatic heterocycles. The lowest BCUT2D eigenvalue weighted by Crippen LogP contribution is -2.55. The number of urea groups is 1. The summed E-state index contributed by atoms with van der Waals surface area (Å²) in [5.41, 5.74) is 2.35. The molecule has 0 N–H and O–H groups in total. The van der Waals surface area contributed by atoms with Gasteiger partial charge in [0, 0.05) is 45.3 Å². The molecule has 0 atom stereocenters. The van der Waals surface area contributed by atoms with Crippen LogP contribution < -0.4 is 9.80 Å². The number of fused-ring (bicyclic) bond motifs is 1. The Morgan fingerprint density at radius 1 is 0.880 bits per heavy atom. The minimum Gasteiger partial charge on any atom is -0.365 e. The van der Waals surface area contributed by atoms with E-state index in [4.69, 9.17) is 0 Å². The molecular formula is C20H30N4O. The Labute approximate surface area is 151 Å². The Bertz CT molecular complexity index is 605. The maximum Gasteiger partial charge on any atom is 0.324 e. The lowest BCUT2D eigenvalue weighted by Gasteiger charge is -2.45. The lowest BCUT2D eigenvalue weighted by atomic mass is 9.93. The molecule has 0 radical (unpaired) electrons. The number of nitrogens with zero attached hydrogens (tertiary/aromatic N) is 4. The van der Waals surface area contributed by atoms with Crippen LogP contribution in [-0.2, 0) is 0 Å². The van der Waals surface area contributed by atoms with Crippen LogP contribution in [-0.4, -0.2) is 68.2 Å². The van der Waals surface area contributed by atoms with Gasteiger partial charge in [-0.2, -0.15) is 0 Å². The van der Waals surface area contributed by atoms with Gasteiger partial charge < -0.3 is 14.7 Å². The number of amides is 2. The fraction of sp³-hybridized carbons (Fsp3) is 0.650. The molecule has 1 saturated carbocycles. The highest BCUT2D eigenvalue weighted by Gasteiger charge is 2.33. The third-order valence-corrected chi connectivity index (χ3v) is 6.07. The highest BCUT2D eigenvalue weighted by atomic mass is 16.2. The number of carbonyl (C=O) groups is 1. The van der Waals surface area contributed by atoms with Gasteiger partial charge in [0.1, 0.15) is 0 Å². The predicted octanol–water partition coefficient (Wildman–Crippen LogP) is 3.01. The fourth-order valence-corrected chi connectivity index (χ4v) is 4.52. The highest BCUT2D eigenvalue weighted by molar-refractivity contribution is 5.97. The van der Waals surface area contributed by atoms with Gasteiger partial charge in [0.05, 0.1) is 11.4 Å². The van der Waals surface area contributed by atoms with Gasteiger partial charge in [0.15, 0.2) is 0 Å². The number of para-hydroxylation sites is 2. The Morgan fingerprint density at radius 2 is 1.56 bits per heavy atom. The summed E-state index contributed by atoms with van der Waals surface area (Å²) in [5.74, 6) is 0. The number of carbonyl (C=O) groups excluding carboxylic acids is 1. The van der Waals surface area contributed by atoms with E-state index in [0.717, 1.165) is 45.0 Å². The fourth-order valence-electron chi connectivity index (χ4n) is 4.52. The SMILES string of the molecule is CN1CCN(C(=O)N2CCN(C3CCCCC3)c3ccccc32)CC1. The normalized spacial score (nSPS) is 22.8. The van der Waals surface area contributed by atoms with Crippen LogP contribution in [0, 0.1) is 0 Å². The standard InChI is InChI=1S/C20H30N4O/c1-21-11-13-22(14-12-21)20(25)24-16-15-23(17-7-3-2-4-8-17)18-9-5-6-10-19(18)24/h5-6,9-10,17H,2-4,7-8,11-16H2,1H3. The van der Waals surface area contributed by atoms with Gasteiger partial charge >= 0.3 is 6.03 Å². The average molecular weight is 342 g/mol. The number of benzene rings is 1. The van der Waals surface area contributed by atoms with Crippen LogP contribution in [0.4, 0.5) is 16.2 Å². The predicted molar refractivity (Wildman–Crippen MR) is 102 cm³/mol. The summed E-state index contributed by atoms with van der Waals surface area (Å²) in [6.07, 6.45) is 6.64. The molecule has 25 heavy (non-hydrogen) atoms. The molecule has 0 bridgehead atoms. The van der Waals surface area contributed by atoms with Crippen molar-refractivity contribution in [3.05, 3.63) is 24.3 Å². The van der Waals surface area contributed by atoms with E-state index in [-0.39, 0.29) is 6.03 Å². The zero-order valence-electron chi connectivity index (χ0n) is 15.4. The first kappa shape index (κ1) is 16.7. The van der Waals surface area contributed by atoms with E-state index in [1.807, 2.05) is 9.80 Å². The molecule has 3 aliphatic rings. The smallest absolute Gasteiger partial charge is 0.324 e. The minimum atomic E-state index is 0.184. The monoisotopic (exact) mass is 342 g/mol. The highest BCUT2D eigenvalue weighted by Crippen LogP contribution is 2.37. The van der Waals surface area contributed by atoms with E-state index in [1.165, 1.54) is 37.8 Å². The molecule has 2 aliphatic heterocycles. The van der Waals surface area contributed by atoms with E-state index in [2.05, 4.69) is 41.1 Å². The first-order chi connectivity index (χ1) is 12.2. The zero-order valence-corrected chi connectivity index (χ0v) is 15.4. The largest absolute Gasteiger partial charge is 0.365 e. The molecule has 1 aromatic rings. The summed E-state index contributed by atoms with van der Waals surface area (Å²) in [7, 11) is 2.13. The Balaban J connectivity index is 1.55. The van der Waals surface area contributed by atoms with Crippen LogP contribution >= 0.6 is 0 Å². The van der Waals surface area contributed by atoms with Crippen molar-refractivity contribution in [2.45, 2.75) is 38.1 Å². The quantitative estimate of drug-likeness (QED) is 0.786. The third kappa shape index (κ3) is 3.34. The van der Waals surface area contributed by atoms with Gasteiger partial charge in [0.2, 0.25) is 0 Å². The van der Waals surface area contributed by atoms with Gasteiger partial charge in [-0.1, -0.05) is 31.4 Å². The molecule has 1 aromatic carbocycles. The van der Waals surface area contributed by atoms with Crippen LogP contribution in [0.1, 0.15) is 32.1 Å². The van der Waals surface area contributed by atoms with E-state index >= 15 is 0 Å². The number of likely N-dealkylation sites (N-methyl/N-ethyl adjacent to an activating group) is 1. The van der Waals surface area contributed by atoms with Gasteiger partial charge in [-0.3, -0.25) is 4.90 Å². The van der Waals surface area contributed by atoms with Crippen molar-refractivity contribution in [3.63, 3.8) is 0 Å². The number of hydrogen-bond donors (Lipinski definition) is 0. The van der Waals surface area contributed by atoms with Crippen LogP contribution in [0.2, 0.25) is 0 Å². The Hall–Kier alpha value is -1.75. The average Bonchev–Trinajstić information content (AvgIpc) is 2.68. The van der Waals surface area contributed by atoms with E-state index in [0.29, 0.717) is 6.04 Å². The number of hydrogen-bond acceptors (Lipinski definition) is 3. The van der Waals surface area contributed by atoms with Crippen molar-refractivity contribution < 1.29 is 4.79 Å². The van der Waals surface area contributed by atoms with E-state index < -0.39 is 0 Å². The Morgan fingerprint density at radius 3 is 2.28 bits per heavy atom. The molecule has 136 valence electrons. The van der Waals surface area contributed by atoms with Gasteiger partial charge in [0.25, 0.3) is 0 Å². The summed E-state index contributed by atoms with van der Waals surface area (Å²) in [6, 6.07) is 9.33. The maximum absolute atomic E-state index is 13.1. The molecular weight excluding hydrogens is 312 g/mol. The second-order valence-electron chi connectivity index (χ2n) is 7.70. The first-order valence-corrected chi connectivity index (χ1v) is 9.85. The van der Waals surface area contributed by atoms with Crippen molar-refractivity contribution in [2.75, 3.05) is 56.1 Å². The van der Waals surface area contributed by atoms with Crippen molar-refractivity contribution >= 4 is 17.4 Å². The molecule has 2 heterocycles. The summed E-state index contributed by atoms with van der Waals surface area (Å²) >= 11 is 0. The van der Waals surface area contributed by atoms with Crippen molar-refractivity contribution in [1.82, 2.24) is 9.80 Å². The van der Waals surface area contributed by atoms with E-state index in [9.17, 15) is 4.79 Å². The van der Waals surface area contributed by atoms with Crippen molar-refractivity contribution in [3.8, 4) is 0 Å². The molecule has 0 spiro atoms. The second kappa shape index (κ2) is 7.24. The second-order valence-corrected chi connectivity index (χ2v) is 7.70. The van der Waals surface area contributed by atoms with Gasteiger partial charge in [-0.15, -0.1) is 0 Å². The van der Waals surface area contributed by atoms with Crippen molar-refractivity contribution in [1.29, 1.82) is 0 Å². The van der Waals surface area contributed by atoms with Crippen LogP contribution in [0.25, 0.3) is 0 Å². The minimum absolute atomic E-state index is 0.184.